The van der Waals surface area contributed by atoms with E-state index in [0.29, 0.717) is 5.69 Å². The summed E-state index contributed by atoms with van der Waals surface area (Å²) in [5.41, 5.74) is 0.461. The van der Waals surface area contributed by atoms with Crippen molar-refractivity contribution in [3.63, 3.8) is 0 Å². The molecule has 5 nitrogen and oxygen atoms in total. The van der Waals surface area contributed by atoms with Crippen LogP contribution in [0.15, 0.2) is 23.1 Å². The molecule has 0 saturated carbocycles. The standard InChI is InChI=1S/C10H11NO4S/c1-6-5-16(14,15)9-4-7(10(12)13)2-3-8(9)11-6/h2-4,6,11H,5H2,1H3,(H,12,13). The Morgan fingerprint density at radius 1 is 1.50 bits per heavy atom. The van der Waals surface area contributed by atoms with E-state index in [0.717, 1.165) is 0 Å². The highest BCUT2D eigenvalue weighted by atomic mass is 32.2. The molecule has 0 spiro atoms. The van der Waals surface area contributed by atoms with Gasteiger partial charge >= 0.3 is 5.97 Å². The van der Waals surface area contributed by atoms with E-state index in [1.54, 1.807) is 6.92 Å². The summed E-state index contributed by atoms with van der Waals surface area (Å²) in [6.07, 6.45) is 0. The fourth-order valence-corrected chi connectivity index (χ4v) is 3.45. The van der Waals surface area contributed by atoms with Crippen LogP contribution in [-0.2, 0) is 9.84 Å². The van der Waals surface area contributed by atoms with Crippen LogP contribution >= 0.6 is 0 Å². The molecule has 0 aliphatic carbocycles. The monoisotopic (exact) mass is 241 g/mol. The largest absolute Gasteiger partial charge is 0.478 e. The molecule has 1 aliphatic rings. The van der Waals surface area contributed by atoms with Gasteiger partial charge in [-0.25, -0.2) is 13.2 Å². The highest BCUT2D eigenvalue weighted by Crippen LogP contribution is 2.29. The minimum atomic E-state index is -3.37. The van der Waals surface area contributed by atoms with Gasteiger partial charge in [0.2, 0.25) is 0 Å². The Kier molecular flexibility index (Phi) is 2.38. The number of anilines is 1. The summed E-state index contributed by atoms with van der Waals surface area (Å²) in [4.78, 5) is 10.8. The molecule has 1 heterocycles. The second-order valence-corrected chi connectivity index (χ2v) is 5.85. The number of carboxylic acids is 1. The van der Waals surface area contributed by atoms with E-state index in [9.17, 15) is 13.2 Å². The molecule has 0 fully saturated rings. The molecule has 1 aliphatic heterocycles. The second-order valence-electron chi connectivity index (χ2n) is 3.84. The maximum absolute atomic E-state index is 11.8. The van der Waals surface area contributed by atoms with E-state index in [4.69, 9.17) is 5.11 Å². The molecule has 0 bridgehead atoms. The van der Waals surface area contributed by atoms with Crippen LogP contribution in [0.5, 0.6) is 0 Å². The first-order valence-corrected chi connectivity index (χ1v) is 6.42. The molecule has 0 saturated heterocycles. The summed E-state index contributed by atoms with van der Waals surface area (Å²) in [7, 11) is -3.37. The summed E-state index contributed by atoms with van der Waals surface area (Å²) >= 11 is 0. The van der Waals surface area contributed by atoms with Crippen molar-refractivity contribution in [3.8, 4) is 0 Å². The molecular weight excluding hydrogens is 230 g/mol. The van der Waals surface area contributed by atoms with Crippen molar-refractivity contribution in [2.45, 2.75) is 17.9 Å². The van der Waals surface area contributed by atoms with Gasteiger partial charge in [0.15, 0.2) is 9.84 Å². The van der Waals surface area contributed by atoms with Crippen molar-refractivity contribution < 1.29 is 18.3 Å². The first-order chi connectivity index (χ1) is 7.40. The Labute approximate surface area is 93.0 Å². The number of aromatic carboxylic acids is 1. The zero-order valence-electron chi connectivity index (χ0n) is 8.60. The van der Waals surface area contributed by atoms with Crippen molar-refractivity contribution in [2.24, 2.45) is 0 Å². The van der Waals surface area contributed by atoms with Crippen LogP contribution in [0.1, 0.15) is 17.3 Å². The van der Waals surface area contributed by atoms with Crippen molar-refractivity contribution in [3.05, 3.63) is 23.8 Å². The van der Waals surface area contributed by atoms with Gasteiger partial charge in [0.1, 0.15) is 0 Å². The number of sulfone groups is 1. The third-order valence-electron chi connectivity index (χ3n) is 2.43. The van der Waals surface area contributed by atoms with Crippen LogP contribution in [0, 0.1) is 0 Å². The molecule has 0 amide bonds. The first-order valence-electron chi connectivity index (χ1n) is 4.77. The van der Waals surface area contributed by atoms with Gasteiger partial charge in [-0.15, -0.1) is 0 Å². The first kappa shape index (κ1) is 10.9. The molecule has 1 aromatic rings. The number of rotatable bonds is 1. The van der Waals surface area contributed by atoms with Gasteiger partial charge in [0.05, 0.1) is 21.9 Å². The fraction of sp³-hybridized carbons (Fsp3) is 0.300. The minimum absolute atomic E-state index is 0.0108. The van der Waals surface area contributed by atoms with Crippen LogP contribution in [0.25, 0.3) is 0 Å². The van der Waals surface area contributed by atoms with Crippen LogP contribution in [0.3, 0.4) is 0 Å². The smallest absolute Gasteiger partial charge is 0.335 e. The predicted octanol–water partition coefficient (Wildman–Crippen LogP) is 0.972. The van der Waals surface area contributed by atoms with Crippen molar-refractivity contribution in [1.82, 2.24) is 0 Å². The Bertz CT molecular complexity index is 550. The molecule has 0 aromatic heterocycles. The lowest BCUT2D eigenvalue weighted by molar-refractivity contribution is 0.0696. The molecule has 86 valence electrons. The van der Waals surface area contributed by atoms with Gasteiger partial charge < -0.3 is 10.4 Å². The molecule has 16 heavy (non-hydrogen) atoms. The summed E-state index contributed by atoms with van der Waals surface area (Å²) in [5.74, 6) is -1.14. The Morgan fingerprint density at radius 3 is 2.81 bits per heavy atom. The average molecular weight is 241 g/mol. The number of carboxylic acid groups (broad SMARTS) is 1. The molecule has 1 unspecified atom stereocenters. The third-order valence-corrected chi connectivity index (χ3v) is 4.38. The lowest BCUT2D eigenvalue weighted by Crippen LogP contribution is -2.31. The summed E-state index contributed by atoms with van der Waals surface area (Å²) in [6.45, 7) is 1.77. The number of benzene rings is 1. The summed E-state index contributed by atoms with van der Waals surface area (Å²) < 4.78 is 23.7. The molecule has 1 atom stereocenters. The van der Waals surface area contributed by atoms with Crippen molar-refractivity contribution in [1.29, 1.82) is 0 Å². The molecular formula is C10H11NO4S. The number of hydrogen-bond acceptors (Lipinski definition) is 4. The van der Waals surface area contributed by atoms with E-state index >= 15 is 0 Å². The van der Waals surface area contributed by atoms with Crippen LogP contribution in [0.4, 0.5) is 5.69 Å². The van der Waals surface area contributed by atoms with E-state index < -0.39 is 15.8 Å². The van der Waals surface area contributed by atoms with Gasteiger partial charge in [-0.2, -0.15) is 0 Å². The highest BCUT2D eigenvalue weighted by Gasteiger charge is 2.28. The van der Waals surface area contributed by atoms with Crippen LogP contribution in [-0.4, -0.2) is 31.3 Å². The van der Waals surface area contributed by atoms with Crippen LogP contribution in [0.2, 0.25) is 0 Å². The zero-order chi connectivity index (χ0) is 11.9. The Hall–Kier alpha value is -1.56. The van der Waals surface area contributed by atoms with Crippen LogP contribution < -0.4 is 5.32 Å². The fourth-order valence-electron chi connectivity index (χ4n) is 1.76. The van der Waals surface area contributed by atoms with Gasteiger partial charge in [-0.1, -0.05) is 0 Å². The lowest BCUT2D eigenvalue weighted by Gasteiger charge is -2.24. The summed E-state index contributed by atoms with van der Waals surface area (Å²) in [5, 5.41) is 11.8. The third kappa shape index (κ3) is 1.76. The molecule has 0 radical (unpaired) electrons. The van der Waals surface area contributed by atoms with Gasteiger partial charge in [-0.05, 0) is 25.1 Å². The van der Waals surface area contributed by atoms with Crippen molar-refractivity contribution in [2.75, 3.05) is 11.1 Å². The van der Waals surface area contributed by atoms with E-state index in [1.165, 1.54) is 18.2 Å². The molecule has 2 rings (SSSR count). The van der Waals surface area contributed by atoms with Crippen molar-refractivity contribution >= 4 is 21.5 Å². The van der Waals surface area contributed by atoms with E-state index in [-0.39, 0.29) is 22.3 Å². The topological polar surface area (TPSA) is 83.5 Å². The normalized spacial score (nSPS) is 21.9. The average Bonchev–Trinajstić information content (AvgIpc) is 2.15. The Balaban J connectivity index is 2.62. The maximum atomic E-state index is 11.8. The van der Waals surface area contributed by atoms with Gasteiger partial charge in [-0.3, -0.25) is 0 Å². The van der Waals surface area contributed by atoms with E-state index in [2.05, 4.69) is 5.32 Å². The lowest BCUT2D eigenvalue weighted by atomic mass is 10.2. The van der Waals surface area contributed by atoms with E-state index in [1.807, 2.05) is 0 Å². The SMILES string of the molecule is CC1CS(=O)(=O)c2cc(C(=O)O)ccc2N1. The molecule has 2 N–H and O–H groups in total. The number of hydrogen-bond donors (Lipinski definition) is 2. The Morgan fingerprint density at radius 2 is 2.19 bits per heavy atom. The quantitative estimate of drug-likeness (QED) is 0.765. The predicted molar refractivity (Wildman–Crippen MR) is 58.5 cm³/mol. The summed E-state index contributed by atoms with van der Waals surface area (Å²) in [6, 6.07) is 3.92. The molecule has 1 aromatic carbocycles. The number of carbonyl (C=O) groups is 1. The number of fused-ring (bicyclic) bond motifs is 1. The minimum Gasteiger partial charge on any atom is -0.478 e. The van der Waals surface area contributed by atoms with Gasteiger partial charge in [0, 0.05) is 6.04 Å². The molecule has 6 heteroatoms. The maximum Gasteiger partial charge on any atom is 0.335 e. The second kappa shape index (κ2) is 3.48. The highest BCUT2D eigenvalue weighted by molar-refractivity contribution is 7.91. The zero-order valence-corrected chi connectivity index (χ0v) is 9.41. The van der Waals surface area contributed by atoms with Gasteiger partial charge in [0.25, 0.3) is 0 Å². The number of nitrogens with one attached hydrogen (secondary N) is 1.